The topological polar surface area (TPSA) is 67.8 Å². The van der Waals surface area contributed by atoms with Crippen molar-refractivity contribution in [2.45, 2.75) is 19.0 Å². The maximum atomic E-state index is 13.0. The second-order valence-electron chi connectivity index (χ2n) is 6.93. The first-order valence-corrected chi connectivity index (χ1v) is 11.6. The monoisotopic (exact) mass is 516 g/mol. The van der Waals surface area contributed by atoms with Gasteiger partial charge in [-0.15, -0.1) is 0 Å². The molecule has 174 valence electrons. The molecule has 0 atom stereocenters. The van der Waals surface area contributed by atoms with E-state index in [1.807, 2.05) is 0 Å². The van der Waals surface area contributed by atoms with Crippen LogP contribution in [0.2, 0.25) is 10.0 Å². The van der Waals surface area contributed by atoms with E-state index in [0.717, 1.165) is 0 Å². The van der Waals surface area contributed by atoms with E-state index in [-0.39, 0.29) is 23.6 Å². The van der Waals surface area contributed by atoms with Crippen LogP contribution in [0, 0.1) is 6.92 Å². The van der Waals surface area contributed by atoms with Crippen molar-refractivity contribution in [1.29, 1.82) is 0 Å². The van der Waals surface area contributed by atoms with E-state index in [0.29, 0.717) is 26.7 Å². The SMILES string of the molecule is Cc1ccc(NS(=O)(=O)C(F)(F)F)c(/C(=N/OCc2ccc(Cl)c(Cl)c2)c2ccccc2)c1. The number of nitrogens with zero attached hydrogens (tertiary/aromatic N) is 1. The third-order valence-electron chi connectivity index (χ3n) is 4.40. The molecule has 0 spiro atoms. The summed E-state index contributed by atoms with van der Waals surface area (Å²) in [5.41, 5.74) is -3.69. The molecular weight excluding hydrogens is 500 g/mol. The fraction of sp³-hybridized carbons (Fsp3) is 0.136. The Kier molecular flexibility index (Phi) is 7.56. The Labute approximate surface area is 198 Å². The lowest BCUT2D eigenvalue weighted by Gasteiger charge is -2.16. The summed E-state index contributed by atoms with van der Waals surface area (Å²) >= 11 is 11.9. The minimum absolute atomic E-state index is 0.0113. The minimum Gasteiger partial charge on any atom is -0.390 e. The highest BCUT2D eigenvalue weighted by molar-refractivity contribution is 7.93. The molecule has 0 heterocycles. The van der Waals surface area contributed by atoms with Gasteiger partial charge in [0.05, 0.1) is 15.7 Å². The van der Waals surface area contributed by atoms with E-state index in [9.17, 15) is 21.6 Å². The molecule has 33 heavy (non-hydrogen) atoms. The molecule has 3 rings (SSSR count). The number of anilines is 1. The highest BCUT2D eigenvalue weighted by Gasteiger charge is 2.46. The Morgan fingerprint density at radius 3 is 2.33 bits per heavy atom. The number of alkyl halides is 3. The molecule has 3 aromatic carbocycles. The first-order valence-electron chi connectivity index (χ1n) is 9.37. The van der Waals surface area contributed by atoms with Gasteiger partial charge in [0.15, 0.2) is 0 Å². The van der Waals surface area contributed by atoms with Gasteiger partial charge in [-0.1, -0.05) is 76.4 Å². The molecule has 11 heteroatoms. The third kappa shape index (κ3) is 6.19. The molecule has 0 unspecified atom stereocenters. The lowest BCUT2D eigenvalue weighted by Crippen LogP contribution is -2.30. The van der Waals surface area contributed by atoms with Crippen LogP contribution in [0.3, 0.4) is 0 Å². The molecule has 0 bridgehead atoms. The molecule has 5 nitrogen and oxygen atoms in total. The maximum Gasteiger partial charge on any atom is 0.516 e. The predicted molar refractivity (Wildman–Crippen MR) is 123 cm³/mol. The zero-order valence-corrected chi connectivity index (χ0v) is 19.4. The van der Waals surface area contributed by atoms with Crippen molar-refractivity contribution in [2.24, 2.45) is 5.16 Å². The average Bonchev–Trinajstić information content (AvgIpc) is 2.75. The zero-order chi connectivity index (χ0) is 24.2. The van der Waals surface area contributed by atoms with Gasteiger partial charge in [0, 0.05) is 11.1 Å². The average molecular weight is 517 g/mol. The van der Waals surface area contributed by atoms with Crippen molar-refractivity contribution >= 4 is 44.6 Å². The Morgan fingerprint density at radius 1 is 1.00 bits per heavy atom. The highest BCUT2D eigenvalue weighted by atomic mass is 35.5. The Morgan fingerprint density at radius 2 is 1.70 bits per heavy atom. The molecule has 3 aromatic rings. The standard InChI is InChI=1S/C22H17Cl2F3N2O3S/c1-14-7-10-20(29-33(30,31)22(25,26)27)17(11-14)21(16-5-3-2-4-6-16)28-32-13-15-8-9-18(23)19(24)12-15/h2-12,29H,13H2,1H3/b28-21+. The number of halogens is 5. The molecule has 0 aromatic heterocycles. The van der Waals surface area contributed by atoms with Crippen LogP contribution in [-0.4, -0.2) is 19.6 Å². The van der Waals surface area contributed by atoms with Crippen molar-refractivity contribution in [3.63, 3.8) is 0 Å². The molecule has 0 aliphatic heterocycles. The third-order valence-corrected chi connectivity index (χ3v) is 6.23. The molecule has 0 aliphatic rings. The van der Waals surface area contributed by atoms with E-state index in [4.69, 9.17) is 28.0 Å². The number of hydrogen-bond acceptors (Lipinski definition) is 4. The molecule has 0 aliphatic carbocycles. The number of nitrogens with one attached hydrogen (secondary N) is 1. The Hall–Kier alpha value is -2.75. The van der Waals surface area contributed by atoms with Crippen LogP contribution < -0.4 is 4.72 Å². The maximum absolute atomic E-state index is 13.0. The number of hydrogen-bond donors (Lipinski definition) is 1. The number of oxime groups is 1. The van der Waals surface area contributed by atoms with Crippen molar-refractivity contribution in [1.82, 2.24) is 0 Å². The van der Waals surface area contributed by atoms with Crippen LogP contribution in [0.25, 0.3) is 0 Å². The molecule has 0 saturated heterocycles. The number of aryl methyl sites for hydroxylation is 1. The van der Waals surface area contributed by atoms with Crippen LogP contribution in [0.1, 0.15) is 22.3 Å². The summed E-state index contributed by atoms with van der Waals surface area (Å²) in [7, 11) is -5.65. The summed E-state index contributed by atoms with van der Waals surface area (Å²) in [6.45, 7) is 1.70. The predicted octanol–water partition coefficient (Wildman–Crippen LogP) is 6.53. The van der Waals surface area contributed by atoms with Crippen LogP contribution >= 0.6 is 23.2 Å². The second-order valence-corrected chi connectivity index (χ2v) is 9.42. The normalized spacial score (nSPS) is 12.5. The van der Waals surface area contributed by atoms with Gasteiger partial charge in [0.2, 0.25) is 0 Å². The highest BCUT2D eigenvalue weighted by Crippen LogP contribution is 2.29. The summed E-state index contributed by atoms with van der Waals surface area (Å²) in [6.07, 6.45) is 0. The summed E-state index contributed by atoms with van der Waals surface area (Å²) < 4.78 is 64.0. The Balaban J connectivity index is 2.03. The van der Waals surface area contributed by atoms with Crippen molar-refractivity contribution in [3.05, 3.63) is 99.0 Å². The van der Waals surface area contributed by atoms with Gasteiger partial charge in [0.25, 0.3) is 0 Å². The zero-order valence-electron chi connectivity index (χ0n) is 17.0. The first kappa shape index (κ1) is 24.9. The van der Waals surface area contributed by atoms with E-state index in [1.54, 1.807) is 60.2 Å². The summed E-state index contributed by atoms with van der Waals surface area (Å²) in [5, 5.41) is 4.83. The van der Waals surface area contributed by atoms with E-state index >= 15 is 0 Å². The van der Waals surface area contributed by atoms with Gasteiger partial charge in [0.1, 0.15) is 12.3 Å². The summed E-state index contributed by atoms with van der Waals surface area (Å²) in [5.74, 6) is 0. The largest absolute Gasteiger partial charge is 0.516 e. The lowest BCUT2D eigenvalue weighted by molar-refractivity contribution is -0.0429. The number of rotatable bonds is 7. The van der Waals surface area contributed by atoms with Gasteiger partial charge < -0.3 is 4.84 Å². The summed E-state index contributed by atoms with van der Waals surface area (Å²) in [6, 6.07) is 17.6. The van der Waals surface area contributed by atoms with Crippen LogP contribution in [0.4, 0.5) is 18.9 Å². The van der Waals surface area contributed by atoms with Gasteiger partial charge in [-0.2, -0.15) is 21.6 Å². The minimum atomic E-state index is -5.65. The smallest absolute Gasteiger partial charge is 0.390 e. The molecule has 0 saturated carbocycles. The van der Waals surface area contributed by atoms with E-state index < -0.39 is 15.5 Å². The van der Waals surface area contributed by atoms with Crippen molar-refractivity contribution in [3.8, 4) is 0 Å². The molecule has 1 N–H and O–H groups in total. The second kappa shape index (κ2) is 10.0. The van der Waals surface area contributed by atoms with Crippen LogP contribution in [0.15, 0.2) is 71.9 Å². The van der Waals surface area contributed by atoms with Gasteiger partial charge >= 0.3 is 15.5 Å². The van der Waals surface area contributed by atoms with Crippen molar-refractivity contribution in [2.75, 3.05) is 4.72 Å². The van der Waals surface area contributed by atoms with Crippen LogP contribution in [-0.2, 0) is 21.5 Å². The summed E-state index contributed by atoms with van der Waals surface area (Å²) in [4.78, 5) is 5.46. The number of benzene rings is 3. The van der Waals surface area contributed by atoms with Gasteiger partial charge in [-0.3, -0.25) is 4.72 Å². The molecule has 0 fully saturated rings. The molecular formula is C22H17Cl2F3N2O3S. The van der Waals surface area contributed by atoms with E-state index in [2.05, 4.69) is 5.16 Å². The van der Waals surface area contributed by atoms with Gasteiger partial charge in [-0.25, -0.2) is 0 Å². The number of sulfonamides is 1. The van der Waals surface area contributed by atoms with E-state index in [1.165, 1.54) is 18.2 Å². The lowest BCUT2D eigenvalue weighted by atomic mass is 9.99. The molecule has 0 radical (unpaired) electrons. The van der Waals surface area contributed by atoms with Crippen LogP contribution in [0.5, 0.6) is 0 Å². The van der Waals surface area contributed by atoms with Crippen molar-refractivity contribution < 1.29 is 26.4 Å². The Bertz CT molecular complexity index is 1280. The molecule has 0 amide bonds. The quantitative estimate of drug-likeness (QED) is 0.286. The fourth-order valence-electron chi connectivity index (χ4n) is 2.80. The first-order chi connectivity index (χ1) is 15.5. The van der Waals surface area contributed by atoms with Gasteiger partial charge in [-0.05, 0) is 36.8 Å². The fourth-order valence-corrected chi connectivity index (χ4v) is 3.70.